The average Bonchev–Trinajstić information content (AvgIpc) is 2.90. The Kier molecular flexibility index (Phi) is 6.79. The molecule has 0 saturated carbocycles. The summed E-state index contributed by atoms with van der Waals surface area (Å²) in [5.41, 5.74) is 0.720. The Bertz CT molecular complexity index is 372. The van der Waals surface area contributed by atoms with Gasteiger partial charge in [-0.1, -0.05) is 13.0 Å². The maximum atomic E-state index is 11.3. The van der Waals surface area contributed by atoms with Crippen LogP contribution < -0.4 is 5.32 Å². The summed E-state index contributed by atoms with van der Waals surface area (Å²) in [7, 11) is 1.41. The molecule has 5 heteroatoms. The molecule has 1 heterocycles. The van der Waals surface area contributed by atoms with E-state index in [2.05, 4.69) is 15.2 Å². The van der Waals surface area contributed by atoms with E-state index < -0.39 is 0 Å². The Hall–Kier alpha value is -1.62. The molecule has 0 amide bonds. The maximum absolute atomic E-state index is 11.3. The van der Waals surface area contributed by atoms with E-state index in [0.29, 0.717) is 13.0 Å². The summed E-state index contributed by atoms with van der Waals surface area (Å²) < 4.78 is 6.59. The lowest BCUT2D eigenvalue weighted by Gasteiger charge is -2.04. The minimum atomic E-state index is -0.240. The van der Waals surface area contributed by atoms with Crippen LogP contribution in [0.4, 0.5) is 0 Å². The molecule has 0 aromatic carbocycles. The average molecular weight is 251 g/mol. The standard InChI is InChI=1S/C13H21N3O2/c1-3-12(13(17)18-2)6-9-14-7-4-10-16-11-5-8-15-16/h5-6,8,11,14H,3-4,7,9-10H2,1-2H3/b12-6-. The number of hydrogen-bond acceptors (Lipinski definition) is 4. The first-order valence-electron chi connectivity index (χ1n) is 6.23. The summed E-state index contributed by atoms with van der Waals surface area (Å²) in [5, 5.41) is 7.39. The van der Waals surface area contributed by atoms with Gasteiger partial charge in [0.2, 0.25) is 0 Å². The number of rotatable bonds is 8. The number of carbonyl (C=O) groups is 1. The van der Waals surface area contributed by atoms with Crippen LogP contribution in [0.15, 0.2) is 30.1 Å². The second kappa shape index (κ2) is 8.47. The van der Waals surface area contributed by atoms with Crippen molar-refractivity contribution < 1.29 is 9.53 Å². The Labute approximate surface area is 108 Å². The molecule has 18 heavy (non-hydrogen) atoms. The molecule has 0 saturated heterocycles. The summed E-state index contributed by atoms with van der Waals surface area (Å²) >= 11 is 0. The summed E-state index contributed by atoms with van der Waals surface area (Å²) in [6.45, 7) is 4.44. The number of aryl methyl sites for hydroxylation is 1. The molecule has 0 bridgehead atoms. The van der Waals surface area contributed by atoms with Crippen molar-refractivity contribution in [3.05, 3.63) is 30.1 Å². The van der Waals surface area contributed by atoms with Crippen LogP contribution in [0.2, 0.25) is 0 Å². The maximum Gasteiger partial charge on any atom is 0.333 e. The van der Waals surface area contributed by atoms with Gasteiger partial charge in [-0.15, -0.1) is 0 Å². The topological polar surface area (TPSA) is 56.2 Å². The third-order valence-corrected chi connectivity index (χ3v) is 2.62. The zero-order chi connectivity index (χ0) is 13.2. The van der Waals surface area contributed by atoms with Crippen molar-refractivity contribution in [3.63, 3.8) is 0 Å². The molecule has 1 rings (SSSR count). The number of methoxy groups -OCH3 is 1. The van der Waals surface area contributed by atoms with Gasteiger partial charge in [0.05, 0.1) is 7.11 Å². The monoisotopic (exact) mass is 251 g/mol. The molecule has 1 aromatic rings. The Balaban J connectivity index is 2.13. The molecule has 1 aromatic heterocycles. The van der Waals surface area contributed by atoms with Gasteiger partial charge in [0.25, 0.3) is 0 Å². The van der Waals surface area contributed by atoms with Crippen molar-refractivity contribution in [1.29, 1.82) is 0 Å². The third kappa shape index (κ3) is 5.14. The van der Waals surface area contributed by atoms with Gasteiger partial charge in [-0.05, 0) is 25.5 Å². The molecule has 0 aliphatic rings. The number of carbonyl (C=O) groups excluding carboxylic acids is 1. The number of ether oxygens (including phenoxy) is 1. The molecular weight excluding hydrogens is 230 g/mol. The lowest BCUT2D eigenvalue weighted by atomic mass is 10.2. The second-order valence-corrected chi connectivity index (χ2v) is 3.90. The van der Waals surface area contributed by atoms with Gasteiger partial charge >= 0.3 is 5.97 Å². The van der Waals surface area contributed by atoms with E-state index in [4.69, 9.17) is 0 Å². The molecule has 0 fully saturated rings. The first-order valence-corrected chi connectivity index (χ1v) is 6.23. The molecule has 0 aliphatic carbocycles. The van der Waals surface area contributed by atoms with Crippen LogP contribution >= 0.6 is 0 Å². The van der Waals surface area contributed by atoms with Crippen molar-refractivity contribution in [2.24, 2.45) is 0 Å². The highest BCUT2D eigenvalue weighted by atomic mass is 16.5. The van der Waals surface area contributed by atoms with Gasteiger partial charge in [-0.25, -0.2) is 4.79 Å². The van der Waals surface area contributed by atoms with E-state index in [1.165, 1.54) is 7.11 Å². The smallest absolute Gasteiger partial charge is 0.333 e. The van der Waals surface area contributed by atoms with Gasteiger partial charge in [-0.2, -0.15) is 5.10 Å². The lowest BCUT2D eigenvalue weighted by molar-refractivity contribution is -0.136. The largest absolute Gasteiger partial charge is 0.466 e. The fourth-order valence-electron chi connectivity index (χ4n) is 1.60. The first-order chi connectivity index (χ1) is 8.77. The van der Waals surface area contributed by atoms with Gasteiger partial charge in [0, 0.05) is 31.1 Å². The number of nitrogens with one attached hydrogen (secondary N) is 1. The van der Waals surface area contributed by atoms with Crippen molar-refractivity contribution in [2.75, 3.05) is 20.2 Å². The molecule has 0 unspecified atom stereocenters. The lowest BCUT2D eigenvalue weighted by Crippen LogP contribution is -2.18. The number of aromatic nitrogens is 2. The normalized spacial score (nSPS) is 11.6. The van der Waals surface area contributed by atoms with Crippen molar-refractivity contribution in [3.8, 4) is 0 Å². The summed E-state index contributed by atoms with van der Waals surface area (Å²) in [6.07, 6.45) is 7.32. The van der Waals surface area contributed by atoms with Crippen LogP contribution in [0, 0.1) is 0 Å². The van der Waals surface area contributed by atoms with Crippen molar-refractivity contribution >= 4 is 5.97 Å². The number of esters is 1. The van der Waals surface area contributed by atoms with Gasteiger partial charge in [-0.3, -0.25) is 4.68 Å². The minimum absolute atomic E-state index is 0.240. The van der Waals surface area contributed by atoms with Crippen LogP contribution in [0.1, 0.15) is 19.8 Å². The van der Waals surface area contributed by atoms with E-state index >= 15 is 0 Å². The quantitative estimate of drug-likeness (QED) is 0.431. The van der Waals surface area contributed by atoms with Gasteiger partial charge in [0.15, 0.2) is 0 Å². The molecule has 0 radical (unpaired) electrons. The molecule has 100 valence electrons. The highest BCUT2D eigenvalue weighted by molar-refractivity contribution is 5.88. The highest BCUT2D eigenvalue weighted by Crippen LogP contribution is 2.01. The van der Waals surface area contributed by atoms with Gasteiger partial charge < -0.3 is 10.1 Å². The van der Waals surface area contributed by atoms with E-state index in [1.54, 1.807) is 6.20 Å². The number of hydrogen-bond donors (Lipinski definition) is 1. The van der Waals surface area contributed by atoms with E-state index in [0.717, 1.165) is 25.1 Å². The summed E-state index contributed by atoms with van der Waals surface area (Å²) in [6, 6.07) is 1.92. The van der Waals surface area contributed by atoms with Crippen molar-refractivity contribution in [2.45, 2.75) is 26.3 Å². The zero-order valence-electron chi connectivity index (χ0n) is 11.1. The van der Waals surface area contributed by atoms with E-state index in [9.17, 15) is 4.79 Å². The number of nitrogens with zero attached hydrogens (tertiary/aromatic N) is 2. The summed E-state index contributed by atoms with van der Waals surface area (Å²) in [4.78, 5) is 11.3. The van der Waals surface area contributed by atoms with Gasteiger partial charge in [0.1, 0.15) is 0 Å². The Morgan fingerprint density at radius 2 is 2.39 bits per heavy atom. The molecule has 0 aliphatic heterocycles. The molecule has 1 N–H and O–H groups in total. The van der Waals surface area contributed by atoms with Crippen LogP contribution in [0.25, 0.3) is 0 Å². The molecule has 0 spiro atoms. The third-order valence-electron chi connectivity index (χ3n) is 2.62. The van der Waals surface area contributed by atoms with Crippen LogP contribution in [0.5, 0.6) is 0 Å². The Morgan fingerprint density at radius 3 is 3.00 bits per heavy atom. The highest BCUT2D eigenvalue weighted by Gasteiger charge is 2.05. The predicted molar refractivity (Wildman–Crippen MR) is 70.1 cm³/mol. The molecule has 5 nitrogen and oxygen atoms in total. The minimum Gasteiger partial charge on any atom is -0.466 e. The van der Waals surface area contributed by atoms with Crippen LogP contribution in [0.3, 0.4) is 0 Å². The summed E-state index contributed by atoms with van der Waals surface area (Å²) in [5.74, 6) is -0.240. The Morgan fingerprint density at radius 1 is 1.56 bits per heavy atom. The van der Waals surface area contributed by atoms with E-state index in [-0.39, 0.29) is 5.97 Å². The molecule has 0 atom stereocenters. The van der Waals surface area contributed by atoms with Crippen LogP contribution in [-0.2, 0) is 16.1 Å². The second-order valence-electron chi connectivity index (χ2n) is 3.90. The SMILES string of the molecule is CC/C(=C/CNCCCn1cccn1)C(=O)OC. The van der Waals surface area contributed by atoms with Crippen LogP contribution in [-0.4, -0.2) is 35.9 Å². The zero-order valence-corrected chi connectivity index (χ0v) is 11.1. The van der Waals surface area contributed by atoms with E-state index in [1.807, 2.05) is 29.9 Å². The fourth-order valence-corrected chi connectivity index (χ4v) is 1.60. The molecular formula is C13H21N3O2. The fraction of sp³-hybridized carbons (Fsp3) is 0.538. The first kappa shape index (κ1) is 14.4. The van der Waals surface area contributed by atoms with Crippen molar-refractivity contribution in [1.82, 2.24) is 15.1 Å². The predicted octanol–water partition coefficient (Wildman–Crippen LogP) is 1.37.